The number of aromatic nitrogens is 3. The Morgan fingerprint density at radius 1 is 1.15 bits per heavy atom. The lowest BCUT2D eigenvalue weighted by molar-refractivity contribution is 0.0763. The average molecular weight is 367 g/mol. The Hall–Kier alpha value is -2.96. The van der Waals surface area contributed by atoms with Gasteiger partial charge in [-0.2, -0.15) is 0 Å². The lowest BCUT2D eigenvalue weighted by Crippen LogP contribution is -2.30. The van der Waals surface area contributed by atoms with Crippen LogP contribution in [0.4, 0.5) is 5.82 Å². The van der Waals surface area contributed by atoms with E-state index in [1.807, 2.05) is 26.0 Å². The highest BCUT2D eigenvalue weighted by molar-refractivity contribution is 5.96. The molecule has 0 fully saturated rings. The minimum Gasteiger partial charge on any atom is -0.467 e. The first-order valence-corrected chi connectivity index (χ1v) is 9.13. The molecule has 0 saturated heterocycles. The van der Waals surface area contributed by atoms with E-state index in [1.165, 1.54) is 0 Å². The molecular weight excluding hydrogens is 342 g/mol. The summed E-state index contributed by atoms with van der Waals surface area (Å²) in [5.41, 5.74) is 2.48. The van der Waals surface area contributed by atoms with E-state index in [2.05, 4.69) is 33.7 Å². The van der Waals surface area contributed by atoms with E-state index < -0.39 is 0 Å². The molecule has 0 N–H and O–H groups in total. The van der Waals surface area contributed by atoms with Gasteiger partial charge in [0.05, 0.1) is 18.2 Å². The van der Waals surface area contributed by atoms with Crippen molar-refractivity contribution in [2.24, 2.45) is 0 Å². The van der Waals surface area contributed by atoms with E-state index in [0.717, 1.165) is 35.6 Å². The van der Waals surface area contributed by atoms with Crippen molar-refractivity contribution in [3.63, 3.8) is 0 Å². The fraction of sp³-hybridized carbons (Fsp3) is 0.400. The molecule has 0 aliphatic heterocycles. The minimum atomic E-state index is -0.261. The van der Waals surface area contributed by atoms with Gasteiger partial charge in [0.15, 0.2) is 5.65 Å². The van der Waals surface area contributed by atoms with Crippen molar-refractivity contribution in [1.82, 2.24) is 19.9 Å². The summed E-state index contributed by atoms with van der Waals surface area (Å²) in [5, 5.41) is 0.898. The van der Waals surface area contributed by atoms with E-state index in [0.29, 0.717) is 18.0 Å². The highest BCUT2D eigenvalue weighted by Gasteiger charge is 2.22. The molecule has 0 bridgehead atoms. The number of furan rings is 1. The Bertz CT molecular complexity index is 949. The number of fused-ring (bicyclic) bond motifs is 1. The number of rotatable bonds is 6. The molecule has 3 aromatic rings. The molecule has 3 rings (SSSR count). The van der Waals surface area contributed by atoms with Gasteiger partial charge in [-0.15, -0.1) is 0 Å². The van der Waals surface area contributed by atoms with Crippen molar-refractivity contribution in [2.75, 3.05) is 25.0 Å². The lowest BCUT2D eigenvalue weighted by atomic mass is 10.1. The summed E-state index contributed by atoms with van der Waals surface area (Å²) in [5.74, 6) is 1.35. The molecule has 1 amide bonds. The Kier molecular flexibility index (Phi) is 5.39. The molecule has 0 saturated carbocycles. The van der Waals surface area contributed by atoms with Gasteiger partial charge in [0.2, 0.25) is 5.82 Å². The predicted molar refractivity (Wildman–Crippen MR) is 105 cm³/mol. The molecule has 0 aliphatic carbocycles. The van der Waals surface area contributed by atoms with Crippen LogP contribution in [-0.2, 0) is 6.54 Å². The van der Waals surface area contributed by atoms with Crippen molar-refractivity contribution in [1.29, 1.82) is 0 Å². The van der Waals surface area contributed by atoms with Gasteiger partial charge >= 0.3 is 0 Å². The van der Waals surface area contributed by atoms with Crippen molar-refractivity contribution in [3.8, 4) is 0 Å². The maximum Gasteiger partial charge on any atom is 0.291 e. The standard InChI is InChI=1S/C20H25N5O2/c1-6-25(7-2)19-16-13(3)11-14(4)21-17(16)22-18(23-19)20(26)24(5)12-15-9-8-10-27-15/h8-11H,6-7,12H2,1-5H3. The van der Waals surface area contributed by atoms with Gasteiger partial charge in [0.1, 0.15) is 11.6 Å². The van der Waals surface area contributed by atoms with Gasteiger partial charge < -0.3 is 14.2 Å². The number of aryl methyl sites for hydroxylation is 2. The highest BCUT2D eigenvalue weighted by atomic mass is 16.3. The van der Waals surface area contributed by atoms with Crippen LogP contribution in [0.2, 0.25) is 0 Å². The average Bonchev–Trinajstić information content (AvgIpc) is 3.14. The second kappa shape index (κ2) is 7.73. The van der Waals surface area contributed by atoms with Gasteiger partial charge in [0.25, 0.3) is 5.91 Å². The zero-order valence-corrected chi connectivity index (χ0v) is 16.5. The smallest absolute Gasteiger partial charge is 0.291 e. The van der Waals surface area contributed by atoms with Crippen LogP contribution in [0, 0.1) is 13.8 Å². The predicted octanol–water partition coefficient (Wildman–Crippen LogP) is 3.35. The van der Waals surface area contributed by atoms with Crippen LogP contribution in [0.3, 0.4) is 0 Å². The molecule has 3 aromatic heterocycles. The molecule has 7 heteroatoms. The summed E-state index contributed by atoms with van der Waals surface area (Å²) < 4.78 is 5.33. The van der Waals surface area contributed by atoms with Crippen LogP contribution in [0.5, 0.6) is 0 Å². The topological polar surface area (TPSA) is 75.4 Å². The molecule has 142 valence electrons. The van der Waals surface area contributed by atoms with E-state index >= 15 is 0 Å². The molecule has 0 aromatic carbocycles. The van der Waals surface area contributed by atoms with Crippen LogP contribution < -0.4 is 4.90 Å². The van der Waals surface area contributed by atoms with E-state index in [1.54, 1.807) is 24.3 Å². The Morgan fingerprint density at radius 2 is 1.89 bits per heavy atom. The van der Waals surface area contributed by atoms with Gasteiger partial charge in [-0.05, 0) is 51.5 Å². The van der Waals surface area contributed by atoms with Crippen LogP contribution in [0.15, 0.2) is 28.9 Å². The molecule has 0 spiro atoms. The number of hydrogen-bond donors (Lipinski definition) is 0. The first-order valence-electron chi connectivity index (χ1n) is 9.13. The van der Waals surface area contributed by atoms with Crippen LogP contribution in [0.1, 0.15) is 41.5 Å². The van der Waals surface area contributed by atoms with Crippen LogP contribution in [0.25, 0.3) is 11.0 Å². The molecule has 3 heterocycles. The molecule has 27 heavy (non-hydrogen) atoms. The Balaban J connectivity index is 2.08. The quantitative estimate of drug-likeness (QED) is 0.665. The number of carbonyl (C=O) groups is 1. The monoisotopic (exact) mass is 367 g/mol. The van der Waals surface area contributed by atoms with Crippen molar-refractivity contribution >= 4 is 22.8 Å². The summed E-state index contributed by atoms with van der Waals surface area (Å²) >= 11 is 0. The largest absolute Gasteiger partial charge is 0.467 e. The van der Waals surface area contributed by atoms with Gasteiger partial charge in [-0.3, -0.25) is 4.79 Å². The van der Waals surface area contributed by atoms with Crippen molar-refractivity contribution in [3.05, 3.63) is 47.3 Å². The molecule has 0 aliphatic rings. The van der Waals surface area contributed by atoms with E-state index in [-0.39, 0.29) is 11.7 Å². The normalized spacial score (nSPS) is 11.0. The third kappa shape index (κ3) is 3.77. The van der Waals surface area contributed by atoms with E-state index in [9.17, 15) is 4.79 Å². The van der Waals surface area contributed by atoms with Crippen molar-refractivity contribution in [2.45, 2.75) is 34.2 Å². The molecule has 7 nitrogen and oxygen atoms in total. The number of amides is 1. The first kappa shape index (κ1) is 18.8. The van der Waals surface area contributed by atoms with Crippen molar-refractivity contribution < 1.29 is 9.21 Å². The second-order valence-electron chi connectivity index (χ2n) is 6.56. The number of carbonyl (C=O) groups excluding carboxylic acids is 1. The number of pyridine rings is 1. The Morgan fingerprint density at radius 3 is 2.52 bits per heavy atom. The maximum atomic E-state index is 12.9. The molecule has 0 atom stereocenters. The summed E-state index contributed by atoms with van der Waals surface area (Å²) in [6.45, 7) is 10.0. The summed E-state index contributed by atoms with van der Waals surface area (Å²) in [6.07, 6.45) is 1.59. The minimum absolute atomic E-state index is 0.149. The van der Waals surface area contributed by atoms with Gasteiger partial charge in [-0.25, -0.2) is 15.0 Å². The highest BCUT2D eigenvalue weighted by Crippen LogP contribution is 2.27. The summed E-state index contributed by atoms with van der Waals surface area (Å²) in [4.78, 5) is 30.3. The fourth-order valence-corrected chi connectivity index (χ4v) is 3.18. The number of hydrogen-bond acceptors (Lipinski definition) is 6. The first-order chi connectivity index (χ1) is 12.9. The van der Waals surface area contributed by atoms with Gasteiger partial charge in [-0.1, -0.05) is 0 Å². The number of nitrogens with zero attached hydrogens (tertiary/aromatic N) is 5. The fourth-order valence-electron chi connectivity index (χ4n) is 3.18. The lowest BCUT2D eigenvalue weighted by Gasteiger charge is -2.23. The summed E-state index contributed by atoms with van der Waals surface area (Å²) in [7, 11) is 1.71. The van der Waals surface area contributed by atoms with Crippen LogP contribution >= 0.6 is 0 Å². The Labute approximate surface area is 159 Å². The maximum absolute atomic E-state index is 12.9. The zero-order chi connectivity index (χ0) is 19.6. The number of anilines is 1. The molecule has 0 radical (unpaired) electrons. The third-order valence-corrected chi connectivity index (χ3v) is 4.55. The third-order valence-electron chi connectivity index (χ3n) is 4.55. The van der Waals surface area contributed by atoms with E-state index in [4.69, 9.17) is 4.42 Å². The molecule has 0 unspecified atom stereocenters. The van der Waals surface area contributed by atoms with Crippen LogP contribution in [-0.4, -0.2) is 45.9 Å². The summed E-state index contributed by atoms with van der Waals surface area (Å²) in [6, 6.07) is 5.65. The zero-order valence-electron chi connectivity index (χ0n) is 16.5. The SMILES string of the molecule is CCN(CC)c1nc(C(=O)N(C)Cc2ccco2)nc2nc(C)cc(C)c12. The second-order valence-corrected chi connectivity index (χ2v) is 6.56. The molecular formula is C20H25N5O2. The van der Waals surface area contributed by atoms with Gasteiger partial charge in [0, 0.05) is 25.8 Å².